The summed E-state index contributed by atoms with van der Waals surface area (Å²) in [5, 5.41) is 7.19. The summed E-state index contributed by atoms with van der Waals surface area (Å²) in [4.78, 5) is 4.43. The van der Waals surface area contributed by atoms with Gasteiger partial charge in [-0.25, -0.2) is 4.39 Å². The zero-order valence-corrected chi connectivity index (χ0v) is 21.3. The Balaban J connectivity index is 1.44. The van der Waals surface area contributed by atoms with Crippen LogP contribution < -0.4 is 0 Å². The molecule has 1 nitrogen and oxygen atoms in total. The zero-order valence-electron chi connectivity index (χ0n) is 22.5. The first-order valence-electron chi connectivity index (χ1n) is 13.3. The molecule has 0 atom stereocenters. The Bertz CT molecular complexity index is 2090. The molecule has 0 N–H and O–H groups in total. The molecule has 2 heterocycles. The van der Waals surface area contributed by atoms with E-state index < -0.39 is 12.2 Å². The normalized spacial score (nSPS) is 12.9. The van der Waals surface area contributed by atoms with Crippen LogP contribution in [-0.2, 0) is 6.37 Å². The van der Waals surface area contributed by atoms with Gasteiger partial charge in [-0.2, -0.15) is 0 Å². The molecule has 0 radical (unpaired) electrons. The number of aryl methyl sites for hydroxylation is 2. The molecule has 0 amide bonds. The summed E-state index contributed by atoms with van der Waals surface area (Å²) in [5.41, 5.74) is 4.02. The Kier molecular flexibility index (Phi) is 4.60. The fraction of sp³-hybridized carbons (Fsp3) is 0.0882. The van der Waals surface area contributed by atoms with Gasteiger partial charge in [-0.15, -0.1) is 11.3 Å². The Hall–Kier alpha value is -4.08. The van der Waals surface area contributed by atoms with E-state index in [-0.39, 0.29) is 5.56 Å². The van der Waals surface area contributed by atoms with Crippen molar-refractivity contribution in [3.8, 4) is 11.3 Å². The van der Waals surface area contributed by atoms with Crippen molar-refractivity contribution in [2.45, 2.75) is 20.2 Å². The van der Waals surface area contributed by atoms with E-state index in [0.29, 0.717) is 11.3 Å². The molecule has 3 heteroatoms. The van der Waals surface area contributed by atoms with E-state index in [1.165, 1.54) is 37.2 Å². The fourth-order valence-electron chi connectivity index (χ4n) is 5.28. The van der Waals surface area contributed by atoms with Gasteiger partial charge in [-0.3, -0.25) is 4.98 Å². The molecule has 0 fully saturated rings. The van der Waals surface area contributed by atoms with Crippen LogP contribution in [0.3, 0.4) is 0 Å². The lowest BCUT2D eigenvalue weighted by Gasteiger charge is -2.08. The van der Waals surface area contributed by atoms with E-state index in [0.717, 1.165) is 27.4 Å². The van der Waals surface area contributed by atoms with E-state index in [4.69, 9.17) is 2.74 Å². The highest BCUT2D eigenvalue weighted by Gasteiger charge is 2.15. The maximum atomic E-state index is 15.1. The van der Waals surface area contributed by atoms with Gasteiger partial charge >= 0.3 is 0 Å². The Labute approximate surface area is 221 Å². The molecule has 7 aromatic rings. The van der Waals surface area contributed by atoms with Crippen molar-refractivity contribution in [2.75, 3.05) is 0 Å². The third-order valence-electron chi connectivity index (χ3n) is 7.06. The predicted molar refractivity (Wildman–Crippen MR) is 156 cm³/mol. The van der Waals surface area contributed by atoms with Crippen molar-refractivity contribution in [1.29, 1.82) is 0 Å². The highest BCUT2D eigenvalue weighted by Crippen LogP contribution is 2.43. The average molecular weight is 500 g/mol. The number of pyridine rings is 1. The van der Waals surface area contributed by atoms with Crippen LogP contribution >= 0.6 is 11.3 Å². The second-order valence-electron chi connectivity index (χ2n) is 9.66. The number of fused-ring (bicyclic) bond motifs is 7. The van der Waals surface area contributed by atoms with Crippen molar-refractivity contribution < 1.29 is 7.13 Å². The van der Waals surface area contributed by atoms with Crippen LogP contribution in [-0.4, -0.2) is 4.98 Å². The number of nitrogens with zero attached hydrogens (tertiary/aromatic N) is 1. The molecule has 5 aromatic carbocycles. The van der Waals surface area contributed by atoms with E-state index in [9.17, 15) is 0 Å². The fourth-order valence-corrected chi connectivity index (χ4v) is 6.63. The van der Waals surface area contributed by atoms with Crippen LogP contribution in [0, 0.1) is 19.7 Å². The second kappa shape index (κ2) is 8.50. The van der Waals surface area contributed by atoms with Crippen molar-refractivity contribution >= 4 is 53.1 Å². The lowest BCUT2D eigenvalue weighted by atomic mass is 9.98. The molecule has 0 aliphatic heterocycles. The topological polar surface area (TPSA) is 12.9 Å². The summed E-state index contributed by atoms with van der Waals surface area (Å²) in [7, 11) is 0. The molecule has 2 aromatic heterocycles. The second-order valence-corrected chi connectivity index (χ2v) is 10.7. The van der Waals surface area contributed by atoms with E-state index in [1.54, 1.807) is 35.6 Å². The number of halogens is 1. The van der Waals surface area contributed by atoms with Crippen LogP contribution in [0.4, 0.5) is 4.39 Å². The number of hydrogen-bond donors (Lipinski definition) is 0. The van der Waals surface area contributed by atoms with Crippen LogP contribution in [0.2, 0.25) is 0 Å². The minimum Gasteiger partial charge on any atom is -0.253 e. The molecule has 37 heavy (non-hydrogen) atoms. The smallest absolute Gasteiger partial charge is 0.145 e. The van der Waals surface area contributed by atoms with Gasteiger partial charge in [0.05, 0.1) is 11.9 Å². The molecule has 178 valence electrons. The van der Waals surface area contributed by atoms with Gasteiger partial charge in [0, 0.05) is 40.2 Å². The molecule has 0 spiro atoms. The van der Waals surface area contributed by atoms with Crippen LogP contribution in [0.5, 0.6) is 0 Å². The maximum absolute atomic E-state index is 15.1. The van der Waals surface area contributed by atoms with Gasteiger partial charge in [0.1, 0.15) is 5.82 Å². The standard InChI is InChI=1S/C34H24FNS/c1-20-5-3-6-22(15-20)17-24-18-32(36-19-31(24)35)30-8-4-7-27-29-14-13-26-25-11-9-21(2)16-23(25)10-12-28(26)33(29)37-34(27)30/h3-16,18-19H,17H2,1-2H3/i17D2. The summed E-state index contributed by atoms with van der Waals surface area (Å²) >= 11 is 1.71. The molecule has 7 rings (SSSR count). The van der Waals surface area contributed by atoms with Gasteiger partial charge in [-0.1, -0.05) is 96.1 Å². The van der Waals surface area contributed by atoms with Crippen molar-refractivity contribution in [2.24, 2.45) is 0 Å². The monoisotopic (exact) mass is 499 g/mol. The minimum atomic E-state index is -2.00. The highest BCUT2D eigenvalue weighted by molar-refractivity contribution is 7.27. The van der Waals surface area contributed by atoms with Crippen LogP contribution in [0.25, 0.3) is 53.0 Å². The lowest BCUT2D eigenvalue weighted by molar-refractivity contribution is 0.608. The third kappa shape index (κ3) is 3.70. The van der Waals surface area contributed by atoms with Gasteiger partial charge in [0.15, 0.2) is 0 Å². The largest absolute Gasteiger partial charge is 0.253 e. The average Bonchev–Trinajstić information content (AvgIpc) is 3.32. The van der Waals surface area contributed by atoms with Crippen LogP contribution in [0.1, 0.15) is 25.0 Å². The number of aromatic nitrogens is 1. The van der Waals surface area contributed by atoms with Crippen molar-refractivity contribution in [3.05, 3.63) is 125 Å². The minimum absolute atomic E-state index is 0.0107. The quantitative estimate of drug-likeness (QED) is 0.220. The number of benzene rings is 5. The summed E-state index contributed by atoms with van der Waals surface area (Å²) in [6.45, 7) is 4.02. The van der Waals surface area contributed by atoms with E-state index >= 15 is 4.39 Å². The van der Waals surface area contributed by atoms with Crippen molar-refractivity contribution in [3.63, 3.8) is 0 Å². The molecule has 0 aliphatic carbocycles. The SMILES string of the molecule is [2H]C([2H])(c1cccc(C)c1)c1cc(-c2cccc3c2sc2c3ccc3c4ccc(C)cc4ccc32)ncc1F. The Morgan fingerprint density at radius 3 is 2.35 bits per heavy atom. The van der Waals surface area contributed by atoms with Crippen molar-refractivity contribution in [1.82, 2.24) is 4.98 Å². The molecule has 0 saturated heterocycles. The summed E-state index contributed by atoms with van der Waals surface area (Å²) in [5.74, 6) is -0.651. The maximum Gasteiger partial charge on any atom is 0.145 e. The zero-order chi connectivity index (χ0) is 26.9. The Morgan fingerprint density at radius 1 is 0.730 bits per heavy atom. The third-order valence-corrected chi connectivity index (χ3v) is 8.35. The molecule has 0 aliphatic rings. The first-order chi connectivity index (χ1) is 18.8. The number of thiophene rings is 1. The predicted octanol–water partition coefficient (Wildman–Crippen LogP) is 9.77. The molecular formula is C34H24FNS. The highest BCUT2D eigenvalue weighted by atomic mass is 32.1. The van der Waals surface area contributed by atoms with Gasteiger partial charge < -0.3 is 0 Å². The number of rotatable bonds is 3. The first kappa shape index (κ1) is 20.0. The molecular weight excluding hydrogens is 473 g/mol. The lowest BCUT2D eigenvalue weighted by Crippen LogP contribution is -1.96. The van der Waals surface area contributed by atoms with Crippen LogP contribution in [0.15, 0.2) is 97.2 Å². The summed E-state index contributed by atoms with van der Waals surface area (Å²) in [6.07, 6.45) is -0.856. The molecule has 0 unspecified atom stereocenters. The summed E-state index contributed by atoms with van der Waals surface area (Å²) < 4.78 is 35.0. The molecule has 0 bridgehead atoms. The first-order valence-corrected chi connectivity index (χ1v) is 13.1. The number of hydrogen-bond acceptors (Lipinski definition) is 2. The van der Waals surface area contributed by atoms with Gasteiger partial charge in [-0.05, 0) is 47.2 Å². The summed E-state index contributed by atoms with van der Waals surface area (Å²) in [6, 6.07) is 30.2. The van der Waals surface area contributed by atoms with Gasteiger partial charge in [0.2, 0.25) is 0 Å². The Morgan fingerprint density at radius 2 is 1.46 bits per heavy atom. The van der Waals surface area contributed by atoms with E-state index in [2.05, 4.69) is 60.4 Å². The van der Waals surface area contributed by atoms with Gasteiger partial charge in [0.25, 0.3) is 0 Å². The van der Waals surface area contributed by atoms with E-state index in [1.807, 2.05) is 25.1 Å². The molecule has 0 saturated carbocycles.